The number of amides is 1. The van der Waals surface area contributed by atoms with Crippen molar-refractivity contribution in [2.45, 2.75) is 44.6 Å². The van der Waals surface area contributed by atoms with Crippen molar-refractivity contribution in [1.82, 2.24) is 5.32 Å². The first-order valence-corrected chi connectivity index (χ1v) is 7.44. The summed E-state index contributed by atoms with van der Waals surface area (Å²) in [5.41, 5.74) is 5.66. The number of nitrogens with two attached hydrogens (primary N) is 1. The molecule has 22 heavy (non-hydrogen) atoms. The molecule has 2 rings (SSSR count). The minimum Gasteiger partial charge on any atom is -0.349 e. The standard InChI is InChI=1S/C16H22F2N2O.ClH/c1-3-16(4-2,9-19)20-15(21)12-8-11(12)10-6-5-7-13(17)14(10)18;/h5-7,11-12H,3-4,8-9,19H2,1-2H3,(H,20,21);1H. The lowest BCUT2D eigenvalue weighted by atomic mass is 9.92. The highest BCUT2D eigenvalue weighted by molar-refractivity contribution is 5.85. The molecule has 0 radical (unpaired) electrons. The average molecular weight is 333 g/mol. The van der Waals surface area contributed by atoms with Gasteiger partial charge in [0, 0.05) is 12.5 Å². The largest absolute Gasteiger partial charge is 0.349 e. The Labute approximate surface area is 136 Å². The van der Waals surface area contributed by atoms with Crippen molar-refractivity contribution in [2.24, 2.45) is 11.7 Å². The fourth-order valence-electron chi connectivity index (χ4n) is 2.76. The summed E-state index contributed by atoms with van der Waals surface area (Å²) >= 11 is 0. The minimum atomic E-state index is -0.864. The quantitative estimate of drug-likeness (QED) is 0.841. The van der Waals surface area contributed by atoms with Crippen molar-refractivity contribution in [2.75, 3.05) is 6.54 Å². The Bertz CT molecular complexity index is 527. The first-order chi connectivity index (χ1) is 9.98. The van der Waals surface area contributed by atoms with Crippen LogP contribution in [0, 0.1) is 17.6 Å². The predicted octanol–water partition coefficient (Wildman–Crippen LogP) is 3.12. The fourth-order valence-corrected chi connectivity index (χ4v) is 2.76. The molecule has 2 unspecified atom stereocenters. The van der Waals surface area contributed by atoms with Crippen molar-refractivity contribution in [3.63, 3.8) is 0 Å². The van der Waals surface area contributed by atoms with Gasteiger partial charge in [-0.05, 0) is 36.8 Å². The monoisotopic (exact) mass is 332 g/mol. The smallest absolute Gasteiger partial charge is 0.224 e. The number of carbonyl (C=O) groups is 1. The number of halogens is 3. The van der Waals surface area contributed by atoms with Crippen LogP contribution in [0.15, 0.2) is 18.2 Å². The lowest BCUT2D eigenvalue weighted by Gasteiger charge is -2.31. The van der Waals surface area contributed by atoms with Gasteiger partial charge in [0.05, 0.1) is 5.54 Å². The van der Waals surface area contributed by atoms with Crippen LogP contribution >= 0.6 is 12.4 Å². The van der Waals surface area contributed by atoms with Crippen LogP contribution in [-0.2, 0) is 4.79 Å². The second kappa shape index (κ2) is 7.38. The van der Waals surface area contributed by atoms with Gasteiger partial charge in [0.2, 0.25) is 5.91 Å². The van der Waals surface area contributed by atoms with Crippen LogP contribution in [0.3, 0.4) is 0 Å². The van der Waals surface area contributed by atoms with Crippen molar-refractivity contribution >= 4 is 18.3 Å². The Balaban J connectivity index is 0.00000242. The van der Waals surface area contributed by atoms with Crippen molar-refractivity contribution in [3.05, 3.63) is 35.4 Å². The highest BCUT2D eigenvalue weighted by Crippen LogP contribution is 2.48. The van der Waals surface area contributed by atoms with Crippen LogP contribution in [0.25, 0.3) is 0 Å². The third-order valence-electron chi connectivity index (χ3n) is 4.64. The van der Waals surface area contributed by atoms with E-state index in [4.69, 9.17) is 5.73 Å². The molecule has 6 heteroatoms. The predicted molar refractivity (Wildman–Crippen MR) is 85.0 cm³/mol. The summed E-state index contributed by atoms with van der Waals surface area (Å²) < 4.78 is 27.0. The number of nitrogens with one attached hydrogen (secondary N) is 1. The third kappa shape index (κ3) is 3.58. The van der Waals surface area contributed by atoms with Gasteiger partial charge in [0.25, 0.3) is 0 Å². The summed E-state index contributed by atoms with van der Waals surface area (Å²) in [5, 5.41) is 3.00. The maximum Gasteiger partial charge on any atom is 0.224 e. The highest BCUT2D eigenvalue weighted by atomic mass is 35.5. The molecule has 0 aliphatic heterocycles. The van der Waals surface area contributed by atoms with Crippen molar-refractivity contribution in [3.8, 4) is 0 Å². The molecule has 1 aromatic carbocycles. The minimum absolute atomic E-state index is 0. The lowest BCUT2D eigenvalue weighted by molar-refractivity contribution is -0.124. The van der Waals surface area contributed by atoms with E-state index in [2.05, 4.69) is 5.32 Å². The van der Waals surface area contributed by atoms with Gasteiger partial charge >= 0.3 is 0 Å². The third-order valence-corrected chi connectivity index (χ3v) is 4.64. The number of benzene rings is 1. The fraction of sp³-hybridized carbons (Fsp3) is 0.562. The van der Waals surface area contributed by atoms with E-state index in [-0.39, 0.29) is 30.2 Å². The molecule has 0 aromatic heterocycles. The summed E-state index contributed by atoms with van der Waals surface area (Å²) in [4.78, 5) is 12.3. The second-order valence-electron chi connectivity index (χ2n) is 5.77. The summed E-state index contributed by atoms with van der Waals surface area (Å²) in [7, 11) is 0. The SMILES string of the molecule is CCC(CC)(CN)NC(=O)C1CC1c1cccc(F)c1F.Cl. The van der Waals surface area contributed by atoms with Gasteiger partial charge in [-0.25, -0.2) is 8.78 Å². The zero-order valence-corrected chi connectivity index (χ0v) is 13.7. The molecule has 2 atom stereocenters. The summed E-state index contributed by atoms with van der Waals surface area (Å²) in [6.45, 7) is 4.33. The molecule has 0 spiro atoms. The van der Waals surface area contributed by atoms with Gasteiger partial charge in [-0.1, -0.05) is 26.0 Å². The van der Waals surface area contributed by atoms with Gasteiger partial charge < -0.3 is 11.1 Å². The van der Waals surface area contributed by atoms with Crippen LogP contribution in [-0.4, -0.2) is 18.0 Å². The van der Waals surface area contributed by atoms with Crippen LogP contribution < -0.4 is 11.1 Å². The normalized spacial score (nSPS) is 20.2. The maximum absolute atomic E-state index is 13.7. The molecule has 0 bridgehead atoms. The molecule has 1 aliphatic carbocycles. The molecule has 124 valence electrons. The molecule has 1 saturated carbocycles. The van der Waals surface area contributed by atoms with Crippen LogP contribution in [0.2, 0.25) is 0 Å². The van der Waals surface area contributed by atoms with E-state index in [9.17, 15) is 13.6 Å². The maximum atomic E-state index is 13.7. The van der Waals surface area contributed by atoms with Gasteiger partial charge in [0.15, 0.2) is 11.6 Å². The first kappa shape index (κ1) is 18.8. The molecular formula is C16H23ClF2N2O. The zero-order valence-electron chi connectivity index (χ0n) is 12.9. The summed E-state index contributed by atoms with van der Waals surface area (Å²) in [5.74, 6) is -2.33. The highest BCUT2D eigenvalue weighted by Gasteiger charge is 2.47. The molecule has 1 aromatic rings. The molecule has 1 aliphatic rings. The Hall–Kier alpha value is -1.20. The molecule has 3 nitrogen and oxygen atoms in total. The Morgan fingerprint density at radius 1 is 1.36 bits per heavy atom. The van der Waals surface area contributed by atoms with Gasteiger partial charge in [-0.2, -0.15) is 0 Å². The van der Waals surface area contributed by atoms with Crippen LogP contribution in [0.1, 0.15) is 44.6 Å². The number of hydrogen-bond acceptors (Lipinski definition) is 2. The van der Waals surface area contributed by atoms with E-state index in [0.717, 1.165) is 18.9 Å². The van der Waals surface area contributed by atoms with Gasteiger partial charge in [-0.3, -0.25) is 4.79 Å². The number of carbonyl (C=O) groups excluding carboxylic acids is 1. The average Bonchev–Trinajstić information content (AvgIpc) is 3.28. The van der Waals surface area contributed by atoms with E-state index < -0.39 is 17.2 Å². The summed E-state index contributed by atoms with van der Waals surface area (Å²) in [6, 6.07) is 4.11. The van der Waals surface area contributed by atoms with Crippen LogP contribution in [0.5, 0.6) is 0 Å². The van der Waals surface area contributed by atoms with E-state index in [1.807, 2.05) is 13.8 Å². The van der Waals surface area contributed by atoms with E-state index in [0.29, 0.717) is 18.5 Å². The lowest BCUT2D eigenvalue weighted by Crippen LogP contribution is -2.53. The number of hydrogen-bond donors (Lipinski definition) is 2. The molecule has 1 fully saturated rings. The Morgan fingerprint density at radius 2 is 2.00 bits per heavy atom. The van der Waals surface area contributed by atoms with E-state index in [1.165, 1.54) is 6.07 Å². The van der Waals surface area contributed by atoms with Crippen molar-refractivity contribution in [1.29, 1.82) is 0 Å². The van der Waals surface area contributed by atoms with Gasteiger partial charge in [0.1, 0.15) is 0 Å². The van der Waals surface area contributed by atoms with E-state index >= 15 is 0 Å². The first-order valence-electron chi connectivity index (χ1n) is 7.44. The number of rotatable bonds is 6. The molecular weight excluding hydrogens is 310 g/mol. The van der Waals surface area contributed by atoms with E-state index in [1.54, 1.807) is 6.07 Å². The molecule has 3 N–H and O–H groups in total. The molecule has 0 saturated heterocycles. The van der Waals surface area contributed by atoms with Crippen molar-refractivity contribution < 1.29 is 13.6 Å². The van der Waals surface area contributed by atoms with Crippen LogP contribution in [0.4, 0.5) is 8.78 Å². The molecule has 1 amide bonds. The zero-order chi connectivity index (χ0) is 15.6. The topological polar surface area (TPSA) is 55.1 Å². The summed E-state index contributed by atoms with van der Waals surface area (Å²) in [6.07, 6.45) is 2.05. The van der Waals surface area contributed by atoms with Gasteiger partial charge in [-0.15, -0.1) is 12.4 Å². The molecule has 0 heterocycles. The second-order valence-corrected chi connectivity index (χ2v) is 5.77. The Kier molecular flexibility index (Phi) is 6.32. The Morgan fingerprint density at radius 3 is 2.55 bits per heavy atom.